The first-order chi connectivity index (χ1) is 6.15. The number of hydrogen-bond donors (Lipinski definition) is 2. The lowest BCUT2D eigenvalue weighted by molar-refractivity contribution is 0.155. The van der Waals surface area contributed by atoms with Crippen molar-refractivity contribution < 1.29 is 10.2 Å². The summed E-state index contributed by atoms with van der Waals surface area (Å²) in [5.41, 5.74) is 0.707. The van der Waals surface area contributed by atoms with Crippen molar-refractivity contribution in [3.05, 3.63) is 29.8 Å². The largest absolute Gasteiger partial charge is 0.508 e. The molecule has 13 heavy (non-hydrogen) atoms. The van der Waals surface area contributed by atoms with Gasteiger partial charge in [0, 0.05) is 12.4 Å². The molecule has 1 rings (SSSR count). The first kappa shape index (κ1) is 10.1. The van der Waals surface area contributed by atoms with E-state index < -0.39 is 6.10 Å². The molecule has 2 N–H and O–H groups in total. The Morgan fingerprint density at radius 2 is 1.85 bits per heavy atom. The Bertz CT molecular complexity index is 286. The van der Waals surface area contributed by atoms with Crippen molar-refractivity contribution in [2.24, 2.45) is 4.36 Å². The number of hydrogen-bond acceptors (Lipinski definition) is 4. The maximum absolute atomic E-state index is 9.64. The Morgan fingerprint density at radius 3 is 2.31 bits per heavy atom. The summed E-state index contributed by atoms with van der Waals surface area (Å²) in [4.78, 5) is 0. The fourth-order valence-corrected chi connectivity index (χ4v) is 1.12. The van der Waals surface area contributed by atoms with E-state index in [0.29, 0.717) is 5.56 Å². The molecule has 0 spiro atoms. The van der Waals surface area contributed by atoms with Gasteiger partial charge in [0.2, 0.25) is 0 Å². The summed E-state index contributed by atoms with van der Waals surface area (Å²) in [6, 6.07) is 6.04. The zero-order chi connectivity index (χ0) is 9.84. The maximum Gasteiger partial charge on any atom is 0.115 e. The fourth-order valence-electron chi connectivity index (χ4n) is 1.01. The van der Waals surface area contributed by atoms with Crippen LogP contribution >= 0.6 is 0 Å². The van der Waals surface area contributed by atoms with Crippen molar-refractivity contribution in [3.63, 3.8) is 0 Å². The average molecular weight is 197 g/mol. The zero-order valence-corrected chi connectivity index (χ0v) is 8.03. The Morgan fingerprint density at radius 1 is 1.31 bits per heavy atom. The quantitative estimate of drug-likeness (QED) is 0.773. The average Bonchev–Trinajstić information content (AvgIpc) is 2.17. The smallest absolute Gasteiger partial charge is 0.115 e. The summed E-state index contributed by atoms with van der Waals surface area (Å²) < 4.78 is 3.56. The monoisotopic (exact) mass is 197 g/mol. The Labute approximate surface area is 82.2 Å². The van der Waals surface area contributed by atoms with E-state index in [0.717, 1.165) is 0 Å². The number of aliphatic hydroxyl groups excluding tert-OH is 1. The molecule has 0 aliphatic rings. The predicted octanol–water partition coefficient (Wildman–Crippen LogP) is 1.54. The number of benzene rings is 1. The molecule has 0 saturated carbocycles. The molecule has 0 aliphatic carbocycles. The van der Waals surface area contributed by atoms with Gasteiger partial charge in [-0.2, -0.15) is 0 Å². The van der Waals surface area contributed by atoms with E-state index in [4.69, 9.17) is 5.11 Å². The normalized spacial score (nSPS) is 14.9. The highest BCUT2D eigenvalue weighted by atomic mass is 32.1. The minimum atomic E-state index is -0.696. The molecule has 3 nitrogen and oxygen atoms in total. The molecular formula is C9H11NO2S. The van der Waals surface area contributed by atoms with Crippen molar-refractivity contribution in [1.29, 1.82) is 0 Å². The fraction of sp³-hybridized carbons (Fsp3) is 0.333. The van der Waals surface area contributed by atoms with Gasteiger partial charge in [-0.05, 0) is 24.6 Å². The van der Waals surface area contributed by atoms with Gasteiger partial charge in [-0.25, -0.2) is 4.36 Å². The van der Waals surface area contributed by atoms with Gasteiger partial charge in [0.25, 0.3) is 0 Å². The van der Waals surface area contributed by atoms with Crippen LogP contribution in [0.3, 0.4) is 0 Å². The summed E-state index contributed by atoms with van der Waals surface area (Å²) >= 11 is 4.49. The van der Waals surface area contributed by atoms with Crippen LogP contribution in [0.5, 0.6) is 5.75 Å². The van der Waals surface area contributed by atoms with Crippen molar-refractivity contribution >= 4 is 12.4 Å². The summed E-state index contributed by atoms with van der Waals surface area (Å²) in [5, 5.41) is 18.6. The van der Waals surface area contributed by atoms with Crippen LogP contribution in [0.4, 0.5) is 0 Å². The number of aromatic hydroxyl groups is 1. The molecule has 0 heterocycles. The zero-order valence-electron chi connectivity index (χ0n) is 7.21. The highest BCUT2D eigenvalue weighted by Crippen LogP contribution is 2.20. The molecule has 0 amide bonds. The van der Waals surface area contributed by atoms with E-state index in [-0.39, 0.29) is 11.8 Å². The molecule has 70 valence electrons. The van der Waals surface area contributed by atoms with Crippen LogP contribution in [-0.2, 0) is 12.4 Å². The van der Waals surface area contributed by atoms with Crippen LogP contribution in [0.15, 0.2) is 28.6 Å². The van der Waals surface area contributed by atoms with E-state index >= 15 is 0 Å². The Hall–Kier alpha value is -1.00. The van der Waals surface area contributed by atoms with Crippen LogP contribution in [-0.4, -0.2) is 16.3 Å². The van der Waals surface area contributed by atoms with Gasteiger partial charge < -0.3 is 10.2 Å². The van der Waals surface area contributed by atoms with Crippen LogP contribution in [0.2, 0.25) is 0 Å². The van der Waals surface area contributed by atoms with Crippen molar-refractivity contribution in [1.82, 2.24) is 0 Å². The summed E-state index contributed by atoms with van der Waals surface area (Å²) in [7, 11) is 0. The lowest BCUT2D eigenvalue weighted by Gasteiger charge is -2.13. The second-order valence-corrected chi connectivity index (χ2v) is 3.09. The predicted molar refractivity (Wildman–Crippen MR) is 52.3 cm³/mol. The van der Waals surface area contributed by atoms with Crippen molar-refractivity contribution in [2.75, 3.05) is 0 Å². The number of nitrogens with zero attached hydrogens (tertiary/aromatic N) is 1. The summed E-state index contributed by atoms with van der Waals surface area (Å²) in [5.74, 6) is 0.180. The third kappa shape index (κ3) is 2.47. The number of phenols is 1. The van der Waals surface area contributed by atoms with Crippen molar-refractivity contribution in [2.45, 2.75) is 19.1 Å². The molecule has 1 aromatic rings. The Kier molecular flexibility index (Phi) is 3.33. The molecule has 1 aromatic carbocycles. The highest BCUT2D eigenvalue weighted by Gasteiger charge is 2.14. The van der Waals surface area contributed by atoms with Gasteiger partial charge >= 0.3 is 0 Å². The van der Waals surface area contributed by atoms with Gasteiger partial charge in [-0.1, -0.05) is 12.1 Å². The first-order valence-electron chi connectivity index (χ1n) is 3.94. The first-order valence-corrected chi connectivity index (χ1v) is 4.31. The minimum absolute atomic E-state index is 0.180. The number of phenolic OH excluding ortho intramolecular Hbond substituents is 1. The molecule has 0 bridgehead atoms. The molecule has 0 fully saturated rings. The third-order valence-electron chi connectivity index (χ3n) is 1.86. The Balaban J connectivity index is 2.82. The van der Waals surface area contributed by atoms with E-state index in [9.17, 15) is 5.11 Å². The van der Waals surface area contributed by atoms with Crippen molar-refractivity contribution in [3.8, 4) is 5.75 Å². The molecular weight excluding hydrogens is 186 g/mol. The lowest BCUT2D eigenvalue weighted by Crippen LogP contribution is -2.11. The van der Waals surface area contributed by atoms with Gasteiger partial charge in [0.15, 0.2) is 0 Å². The van der Waals surface area contributed by atoms with E-state index in [1.165, 1.54) is 12.1 Å². The standard InChI is InChI=1S/C9H11NO2S/c1-6(10-13)9(12)7-2-4-8(11)5-3-7/h2-6,9,11-12H,1H3. The van der Waals surface area contributed by atoms with E-state index in [2.05, 4.69) is 16.8 Å². The SMILES string of the molecule is CC(N=S)C(O)c1ccc(O)cc1. The molecule has 0 aliphatic heterocycles. The molecule has 2 unspecified atom stereocenters. The molecule has 0 saturated heterocycles. The second kappa shape index (κ2) is 4.30. The topological polar surface area (TPSA) is 52.8 Å². The van der Waals surface area contributed by atoms with Gasteiger partial charge in [0.1, 0.15) is 11.9 Å². The molecule has 2 atom stereocenters. The van der Waals surface area contributed by atoms with E-state index in [1.807, 2.05) is 0 Å². The summed E-state index contributed by atoms with van der Waals surface area (Å²) in [6.45, 7) is 1.74. The van der Waals surface area contributed by atoms with Crippen LogP contribution in [0.1, 0.15) is 18.6 Å². The highest BCUT2D eigenvalue weighted by molar-refractivity contribution is 7.47. The van der Waals surface area contributed by atoms with E-state index in [1.54, 1.807) is 19.1 Å². The number of rotatable bonds is 3. The minimum Gasteiger partial charge on any atom is -0.508 e. The van der Waals surface area contributed by atoms with Crippen LogP contribution < -0.4 is 0 Å². The second-order valence-electron chi connectivity index (χ2n) is 2.88. The maximum atomic E-state index is 9.64. The number of aliphatic hydroxyl groups is 1. The molecule has 4 heteroatoms. The van der Waals surface area contributed by atoms with Crippen LogP contribution in [0, 0.1) is 0 Å². The molecule has 0 radical (unpaired) electrons. The summed E-state index contributed by atoms with van der Waals surface area (Å²) in [6.07, 6.45) is -0.696. The third-order valence-corrected chi connectivity index (χ3v) is 2.19. The van der Waals surface area contributed by atoms with Gasteiger partial charge in [-0.15, -0.1) is 0 Å². The van der Waals surface area contributed by atoms with Crippen LogP contribution in [0.25, 0.3) is 0 Å². The molecule has 0 aromatic heterocycles. The lowest BCUT2D eigenvalue weighted by atomic mass is 10.0. The van der Waals surface area contributed by atoms with Gasteiger partial charge in [-0.3, -0.25) is 0 Å². The van der Waals surface area contributed by atoms with Gasteiger partial charge in [0.05, 0.1) is 6.04 Å².